The average Bonchev–Trinajstić information content (AvgIpc) is 2.29. The Morgan fingerprint density at radius 2 is 2.07 bits per heavy atom. The summed E-state index contributed by atoms with van der Waals surface area (Å²) in [7, 11) is 0. The summed E-state index contributed by atoms with van der Waals surface area (Å²) in [5, 5.41) is 13.3. The van der Waals surface area contributed by atoms with Crippen LogP contribution in [0.25, 0.3) is 0 Å². The van der Waals surface area contributed by atoms with Crippen LogP contribution in [0.4, 0.5) is 0 Å². The molecule has 1 atom stereocenters. The molecule has 1 fully saturated rings. The highest BCUT2D eigenvalue weighted by molar-refractivity contribution is 7.99. The van der Waals surface area contributed by atoms with E-state index in [1.807, 2.05) is 0 Å². The molecular formula is C12H25NOS. The molecular weight excluding hydrogens is 206 g/mol. The Kier molecular flexibility index (Phi) is 7.49. The fourth-order valence-corrected chi connectivity index (χ4v) is 3.58. The van der Waals surface area contributed by atoms with Crippen LogP contribution in [0.15, 0.2) is 0 Å². The Bertz CT molecular complexity index is 144. The minimum absolute atomic E-state index is 0.277. The lowest BCUT2D eigenvalue weighted by Gasteiger charge is -2.22. The molecule has 1 rings (SSSR count). The predicted molar refractivity (Wildman–Crippen MR) is 68.5 cm³/mol. The number of aliphatic hydroxyl groups excluding tert-OH is 1. The number of hydrogen-bond donors (Lipinski definition) is 2. The zero-order chi connectivity index (χ0) is 10.9. The molecule has 0 aromatic carbocycles. The lowest BCUT2D eigenvalue weighted by atomic mass is 10.0. The third kappa shape index (κ3) is 5.79. The van der Waals surface area contributed by atoms with E-state index in [-0.39, 0.29) is 6.61 Å². The van der Waals surface area contributed by atoms with Crippen molar-refractivity contribution in [3.63, 3.8) is 0 Å². The van der Waals surface area contributed by atoms with Crippen molar-refractivity contribution in [3.8, 4) is 0 Å². The quantitative estimate of drug-likeness (QED) is 0.706. The van der Waals surface area contributed by atoms with Crippen LogP contribution in [0, 0.1) is 0 Å². The number of aliphatic hydroxyl groups is 1. The van der Waals surface area contributed by atoms with Gasteiger partial charge in [-0.15, -0.1) is 0 Å². The van der Waals surface area contributed by atoms with Crippen LogP contribution in [0.1, 0.15) is 45.4 Å². The zero-order valence-electron chi connectivity index (χ0n) is 9.87. The minimum Gasteiger partial charge on any atom is -0.395 e. The van der Waals surface area contributed by atoms with Crippen LogP contribution < -0.4 is 5.32 Å². The van der Waals surface area contributed by atoms with Crippen molar-refractivity contribution in [2.24, 2.45) is 0 Å². The molecule has 0 aromatic heterocycles. The minimum atomic E-state index is 0.277. The highest BCUT2D eigenvalue weighted by atomic mass is 32.2. The molecule has 0 bridgehead atoms. The Hall–Kier alpha value is 0.270. The van der Waals surface area contributed by atoms with Gasteiger partial charge in [0.1, 0.15) is 0 Å². The Morgan fingerprint density at radius 1 is 1.33 bits per heavy atom. The van der Waals surface area contributed by atoms with Crippen LogP contribution in [-0.4, -0.2) is 35.3 Å². The van der Waals surface area contributed by atoms with Gasteiger partial charge in [0.05, 0.1) is 6.61 Å². The molecule has 0 spiro atoms. The number of likely N-dealkylation sites (N-methyl/N-ethyl adjacent to an activating group) is 1. The lowest BCUT2D eigenvalue weighted by Crippen LogP contribution is -2.32. The third-order valence-electron chi connectivity index (χ3n) is 3.09. The topological polar surface area (TPSA) is 32.3 Å². The predicted octanol–water partition coefficient (Wildman–Crippen LogP) is 2.41. The van der Waals surface area contributed by atoms with Gasteiger partial charge in [0.15, 0.2) is 0 Å². The van der Waals surface area contributed by atoms with Gasteiger partial charge in [-0.3, -0.25) is 0 Å². The highest BCUT2D eigenvalue weighted by Crippen LogP contribution is 2.28. The van der Waals surface area contributed by atoms with E-state index < -0.39 is 0 Å². The normalized spacial score (nSPS) is 20.4. The van der Waals surface area contributed by atoms with Crippen molar-refractivity contribution in [2.75, 3.05) is 18.9 Å². The molecule has 1 unspecified atom stereocenters. The van der Waals surface area contributed by atoms with E-state index >= 15 is 0 Å². The Balaban J connectivity index is 2.03. The SMILES string of the molecule is CCNC(CO)CCSC1CCCCC1. The molecule has 2 nitrogen and oxygen atoms in total. The van der Waals surface area contributed by atoms with Crippen LogP contribution in [0.3, 0.4) is 0 Å². The Labute approximate surface area is 98.2 Å². The van der Waals surface area contributed by atoms with E-state index in [1.54, 1.807) is 0 Å². The maximum Gasteiger partial charge on any atom is 0.0584 e. The molecule has 0 heterocycles. The fourth-order valence-electron chi connectivity index (χ4n) is 2.16. The summed E-state index contributed by atoms with van der Waals surface area (Å²) < 4.78 is 0. The third-order valence-corrected chi connectivity index (χ3v) is 4.50. The first-order valence-corrected chi connectivity index (χ1v) is 7.37. The standard InChI is InChI=1S/C12H25NOS/c1-2-13-11(10-14)8-9-15-12-6-4-3-5-7-12/h11-14H,2-10H2,1H3. The molecule has 1 aliphatic carbocycles. The number of rotatable bonds is 7. The summed E-state index contributed by atoms with van der Waals surface area (Å²) in [6.07, 6.45) is 8.22. The fraction of sp³-hybridized carbons (Fsp3) is 1.00. The molecule has 0 saturated heterocycles. The van der Waals surface area contributed by atoms with Crippen molar-refractivity contribution in [1.29, 1.82) is 0 Å². The molecule has 3 heteroatoms. The largest absolute Gasteiger partial charge is 0.395 e. The van der Waals surface area contributed by atoms with Gasteiger partial charge in [0, 0.05) is 11.3 Å². The van der Waals surface area contributed by atoms with Gasteiger partial charge in [-0.2, -0.15) is 11.8 Å². The molecule has 1 aliphatic rings. The summed E-state index contributed by atoms with van der Waals surface area (Å²) >= 11 is 2.12. The van der Waals surface area contributed by atoms with E-state index in [1.165, 1.54) is 37.9 Å². The first-order valence-electron chi connectivity index (χ1n) is 6.32. The molecule has 2 N–H and O–H groups in total. The van der Waals surface area contributed by atoms with Gasteiger partial charge in [-0.05, 0) is 31.6 Å². The number of hydrogen-bond acceptors (Lipinski definition) is 3. The molecule has 1 saturated carbocycles. The molecule has 90 valence electrons. The monoisotopic (exact) mass is 231 g/mol. The first-order chi connectivity index (χ1) is 7.36. The van der Waals surface area contributed by atoms with Crippen molar-refractivity contribution < 1.29 is 5.11 Å². The van der Waals surface area contributed by atoms with E-state index in [0.29, 0.717) is 6.04 Å². The van der Waals surface area contributed by atoms with Gasteiger partial charge in [-0.25, -0.2) is 0 Å². The van der Waals surface area contributed by atoms with Gasteiger partial charge in [0.2, 0.25) is 0 Å². The molecule has 0 aromatic rings. The van der Waals surface area contributed by atoms with Crippen LogP contribution in [0.2, 0.25) is 0 Å². The average molecular weight is 231 g/mol. The van der Waals surface area contributed by atoms with Gasteiger partial charge in [0.25, 0.3) is 0 Å². The second-order valence-electron chi connectivity index (χ2n) is 4.36. The summed E-state index contributed by atoms with van der Waals surface area (Å²) in [6.45, 7) is 3.33. The van der Waals surface area contributed by atoms with E-state index in [2.05, 4.69) is 24.0 Å². The smallest absolute Gasteiger partial charge is 0.0584 e. The summed E-state index contributed by atoms with van der Waals surface area (Å²) in [5.41, 5.74) is 0. The Morgan fingerprint density at radius 3 is 2.67 bits per heavy atom. The van der Waals surface area contributed by atoms with Crippen LogP contribution in [-0.2, 0) is 0 Å². The first kappa shape index (κ1) is 13.3. The molecule has 0 amide bonds. The van der Waals surface area contributed by atoms with Crippen molar-refractivity contribution in [3.05, 3.63) is 0 Å². The van der Waals surface area contributed by atoms with Crippen molar-refractivity contribution >= 4 is 11.8 Å². The number of thioether (sulfide) groups is 1. The lowest BCUT2D eigenvalue weighted by molar-refractivity contribution is 0.241. The molecule has 0 aliphatic heterocycles. The highest BCUT2D eigenvalue weighted by Gasteiger charge is 2.14. The van der Waals surface area contributed by atoms with E-state index in [4.69, 9.17) is 5.11 Å². The second-order valence-corrected chi connectivity index (χ2v) is 5.76. The maximum absolute atomic E-state index is 9.12. The van der Waals surface area contributed by atoms with Crippen LogP contribution in [0.5, 0.6) is 0 Å². The van der Waals surface area contributed by atoms with E-state index in [0.717, 1.165) is 18.2 Å². The molecule has 0 radical (unpaired) electrons. The summed E-state index contributed by atoms with van der Waals surface area (Å²) in [5.74, 6) is 1.20. The van der Waals surface area contributed by atoms with Gasteiger partial charge >= 0.3 is 0 Å². The molecule has 15 heavy (non-hydrogen) atoms. The van der Waals surface area contributed by atoms with Crippen LogP contribution >= 0.6 is 11.8 Å². The maximum atomic E-state index is 9.12. The second kappa shape index (κ2) is 8.43. The van der Waals surface area contributed by atoms with Gasteiger partial charge < -0.3 is 10.4 Å². The summed E-state index contributed by atoms with van der Waals surface area (Å²) in [6, 6.07) is 0.311. The van der Waals surface area contributed by atoms with Gasteiger partial charge in [-0.1, -0.05) is 26.2 Å². The van der Waals surface area contributed by atoms with E-state index in [9.17, 15) is 0 Å². The zero-order valence-corrected chi connectivity index (χ0v) is 10.7. The number of nitrogens with one attached hydrogen (secondary N) is 1. The van der Waals surface area contributed by atoms with Crippen molar-refractivity contribution in [2.45, 2.75) is 56.7 Å². The van der Waals surface area contributed by atoms with Crippen molar-refractivity contribution in [1.82, 2.24) is 5.32 Å². The summed E-state index contributed by atoms with van der Waals surface area (Å²) in [4.78, 5) is 0.